The fourth-order valence-electron chi connectivity index (χ4n) is 1.30. The molecule has 0 aromatic heterocycles. The Morgan fingerprint density at radius 1 is 1.26 bits per heavy atom. The molecule has 0 aromatic carbocycles. The number of urea groups is 1. The number of hydrogen-bond acceptors (Lipinski definition) is 4. The zero-order chi connectivity index (χ0) is 15.0. The molecule has 7 heteroatoms. The molecule has 110 valence electrons. The van der Waals surface area contributed by atoms with Crippen LogP contribution in [0.3, 0.4) is 0 Å². The molecule has 0 saturated heterocycles. The summed E-state index contributed by atoms with van der Waals surface area (Å²) in [6.45, 7) is 5.29. The van der Waals surface area contributed by atoms with Crippen LogP contribution in [0, 0.1) is 5.92 Å². The third-order valence-corrected chi connectivity index (χ3v) is 2.29. The fraction of sp³-hybridized carbons (Fsp3) is 0.750. The van der Waals surface area contributed by atoms with Crippen molar-refractivity contribution < 1.29 is 24.2 Å². The number of ether oxygens (including phenoxy) is 1. The van der Waals surface area contributed by atoms with Crippen molar-refractivity contribution in [2.45, 2.75) is 33.3 Å². The number of carbonyl (C=O) groups excluding carboxylic acids is 2. The van der Waals surface area contributed by atoms with E-state index in [1.807, 2.05) is 0 Å². The first-order valence-corrected chi connectivity index (χ1v) is 6.15. The molecule has 0 aliphatic heterocycles. The first kappa shape index (κ1) is 17.2. The van der Waals surface area contributed by atoms with Crippen LogP contribution in [0.15, 0.2) is 0 Å². The number of rotatable bonds is 7. The van der Waals surface area contributed by atoms with Crippen LogP contribution < -0.4 is 5.32 Å². The van der Waals surface area contributed by atoms with E-state index in [-0.39, 0.29) is 31.6 Å². The minimum atomic E-state index is -0.958. The topological polar surface area (TPSA) is 95.9 Å². The molecular formula is C12H22N2O5. The molecule has 0 fully saturated rings. The third kappa shape index (κ3) is 8.01. The van der Waals surface area contributed by atoms with E-state index in [0.29, 0.717) is 0 Å². The van der Waals surface area contributed by atoms with Gasteiger partial charge in [0.2, 0.25) is 0 Å². The summed E-state index contributed by atoms with van der Waals surface area (Å²) in [6, 6.07) is -0.412. The van der Waals surface area contributed by atoms with Gasteiger partial charge in [-0.1, -0.05) is 6.92 Å². The fourth-order valence-corrected chi connectivity index (χ4v) is 1.30. The lowest BCUT2D eigenvalue weighted by Gasteiger charge is -2.19. The number of nitrogens with one attached hydrogen (secondary N) is 1. The van der Waals surface area contributed by atoms with Gasteiger partial charge in [0.1, 0.15) is 0 Å². The van der Waals surface area contributed by atoms with E-state index < -0.39 is 17.9 Å². The van der Waals surface area contributed by atoms with Gasteiger partial charge in [0.15, 0.2) is 0 Å². The molecule has 19 heavy (non-hydrogen) atoms. The van der Waals surface area contributed by atoms with Gasteiger partial charge in [0.05, 0.1) is 18.4 Å². The van der Waals surface area contributed by atoms with Crippen LogP contribution >= 0.6 is 0 Å². The molecule has 0 aromatic rings. The second-order valence-electron chi connectivity index (χ2n) is 4.64. The molecule has 0 saturated carbocycles. The number of nitrogens with zero attached hydrogens (tertiary/aromatic N) is 1. The molecule has 2 amide bonds. The third-order valence-electron chi connectivity index (χ3n) is 2.29. The molecule has 0 rings (SSSR count). The van der Waals surface area contributed by atoms with E-state index >= 15 is 0 Å². The molecule has 0 heterocycles. The van der Waals surface area contributed by atoms with Crippen molar-refractivity contribution in [3.63, 3.8) is 0 Å². The summed E-state index contributed by atoms with van der Waals surface area (Å²) in [5.41, 5.74) is 0. The largest absolute Gasteiger partial charge is 0.481 e. The second kappa shape index (κ2) is 8.34. The first-order valence-electron chi connectivity index (χ1n) is 6.15. The van der Waals surface area contributed by atoms with Crippen LogP contribution in [-0.4, -0.2) is 54.2 Å². The van der Waals surface area contributed by atoms with Gasteiger partial charge in [-0.3, -0.25) is 9.59 Å². The van der Waals surface area contributed by atoms with Gasteiger partial charge >= 0.3 is 18.0 Å². The van der Waals surface area contributed by atoms with Gasteiger partial charge in [0, 0.05) is 20.1 Å². The second-order valence-corrected chi connectivity index (χ2v) is 4.64. The molecule has 2 N–H and O–H groups in total. The zero-order valence-electron chi connectivity index (χ0n) is 11.8. The highest BCUT2D eigenvalue weighted by molar-refractivity contribution is 5.76. The summed E-state index contributed by atoms with van der Waals surface area (Å²) < 4.78 is 4.91. The van der Waals surface area contributed by atoms with Gasteiger partial charge in [-0.2, -0.15) is 0 Å². The molecule has 0 bridgehead atoms. The van der Waals surface area contributed by atoms with Crippen LogP contribution in [0.2, 0.25) is 0 Å². The van der Waals surface area contributed by atoms with E-state index in [1.165, 1.54) is 18.9 Å². The standard InChI is InChI=1S/C12H22N2O5/c1-8(2)19-10(15)5-6-13-12(18)14(4)7-9(3)11(16)17/h8-9H,5-7H2,1-4H3,(H,13,18)(H,16,17). The van der Waals surface area contributed by atoms with Gasteiger partial charge in [-0.15, -0.1) is 0 Å². The van der Waals surface area contributed by atoms with Crippen molar-refractivity contribution >= 4 is 18.0 Å². The molecule has 0 aliphatic carbocycles. The summed E-state index contributed by atoms with van der Waals surface area (Å²) in [4.78, 5) is 34.7. The average Bonchev–Trinajstić information content (AvgIpc) is 2.27. The lowest BCUT2D eigenvalue weighted by molar-refractivity contribution is -0.147. The number of carbonyl (C=O) groups is 3. The van der Waals surface area contributed by atoms with Crippen LogP contribution in [-0.2, 0) is 14.3 Å². The lowest BCUT2D eigenvalue weighted by atomic mass is 10.2. The maximum Gasteiger partial charge on any atom is 0.317 e. The maximum absolute atomic E-state index is 11.6. The number of aliphatic carboxylic acids is 1. The maximum atomic E-state index is 11.6. The summed E-state index contributed by atoms with van der Waals surface area (Å²) in [7, 11) is 1.50. The Hall–Kier alpha value is -1.79. The molecule has 0 spiro atoms. The number of carboxylic acid groups (broad SMARTS) is 1. The molecular weight excluding hydrogens is 252 g/mol. The van der Waals surface area contributed by atoms with E-state index in [0.717, 1.165) is 0 Å². The van der Waals surface area contributed by atoms with E-state index in [4.69, 9.17) is 9.84 Å². The van der Waals surface area contributed by atoms with Crippen molar-refractivity contribution in [3.05, 3.63) is 0 Å². The van der Waals surface area contributed by atoms with Crippen molar-refractivity contribution in [2.24, 2.45) is 5.92 Å². The first-order chi connectivity index (χ1) is 8.73. The predicted octanol–water partition coefficient (Wildman–Crippen LogP) is 0.690. The van der Waals surface area contributed by atoms with Gasteiger partial charge < -0.3 is 20.1 Å². The monoisotopic (exact) mass is 274 g/mol. The predicted molar refractivity (Wildman–Crippen MR) is 68.7 cm³/mol. The summed E-state index contributed by atoms with van der Waals surface area (Å²) >= 11 is 0. The van der Waals surface area contributed by atoms with Gasteiger partial charge in [0.25, 0.3) is 0 Å². The smallest absolute Gasteiger partial charge is 0.317 e. The Bertz CT molecular complexity index is 330. The summed E-state index contributed by atoms with van der Waals surface area (Å²) in [5, 5.41) is 11.2. The lowest BCUT2D eigenvalue weighted by Crippen LogP contribution is -2.41. The van der Waals surface area contributed by atoms with Crippen molar-refractivity contribution in [1.82, 2.24) is 10.2 Å². The van der Waals surface area contributed by atoms with Crippen molar-refractivity contribution in [3.8, 4) is 0 Å². The molecule has 1 atom stereocenters. The van der Waals surface area contributed by atoms with Crippen LogP contribution in [0.1, 0.15) is 27.2 Å². The zero-order valence-corrected chi connectivity index (χ0v) is 11.8. The van der Waals surface area contributed by atoms with E-state index in [9.17, 15) is 14.4 Å². The summed E-state index contributed by atoms with van der Waals surface area (Å²) in [5.74, 6) is -1.97. The molecule has 0 radical (unpaired) electrons. The van der Waals surface area contributed by atoms with Gasteiger partial charge in [-0.25, -0.2) is 4.79 Å². The van der Waals surface area contributed by atoms with Gasteiger partial charge in [-0.05, 0) is 13.8 Å². The SMILES string of the molecule is CC(C)OC(=O)CCNC(=O)N(C)CC(C)C(=O)O. The normalized spacial score (nSPS) is 11.8. The number of esters is 1. The Balaban J connectivity index is 3.91. The van der Waals surface area contributed by atoms with Crippen LogP contribution in [0.25, 0.3) is 0 Å². The minimum Gasteiger partial charge on any atom is -0.481 e. The van der Waals surface area contributed by atoms with Crippen LogP contribution in [0.5, 0.6) is 0 Å². The molecule has 1 unspecified atom stereocenters. The summed E-state index contributed by atoms with van der Waals surface area (Å²) in [6.07, 6.45) is -0.0889. The average molecular weight is 274 g/mol. The number of carboxylic acids is 1. The van der Waals surface area contributed by atoms with Crippen molar-refractivity contribution in [1.29, 1.82) is 0 Å². The van der Waals surface area contributed by atoms with E-state index in [1.54, 1.807) is 13.8 Å². The highest BCUT2D eigenvalue weighted by Crippen LogP contribution is 1.98. The molecule has 7 nitrogen and oxygen atoms in total. The Morgan fingerprint density at radius 3 is 2.32 bits per heavy atom. The highest BCUT2D eigenvalue weighted by Gasteiger charge is 2.17. The Kier molecular flexibility index (Phi) is 7.55. The highest BCUT2D eigenvalue weighted by atomic mass is 16.5. The Labute approximate surface area is 112 Å². The van der Waals surface area contributed by atoms with Crippen molar-refractivity contribution in [2.75, 3.05) is 20.1 Å². The Morgan fingerprint density at radius 2 is 1.84 bits per heavy atom. The quantitative estimate of drug-likeness (QED) is 0.666. The molecule has 0 aliphatic rings. The number of hydrogen-bond donors (Lipinski definition) is 2. The number of amides is 2. The minimum absolute atomic E-state index is 0.0895. The van der Waals surface area contributed by atoms with E-state index in [2.05, 4.69) is 5.32 Å². The van der Waals surface area contributed by atoms with Crippen LogP contribution in [0.4, 0.5) is 4.79 Å².